The number of carbonyl (C=O) groups excluding carboxylic acids is 1. The Kier molecular flexibility index (Phi) is 5.66. The molecule has 0 aliphatic carbocycles. The third-order valence-electron chi connectivity index (χ3n) is 2.65. The van der Waals surface area contributed by atoms with Gasteiger partial charge in [0, 0.05) is 23.2 Å². The van der Waals surface area contributed by atoms with Gasteiger partial charge in [0.05, 0.1) is 12.1 Å². The van der Waals surface area contributed by atoms with Crippen molar-refractivity contribution in [3.05, 3.63) is 28.2 Å². The number of nitrogens with one attached hydrogen (secondary N) is 1. The molecular weight excluding hydrogens is 294 g/mol. The highest BCUT2D eigenvalue weighted by Gasteiger charge is 2.09. The lowest BCUT2D eigenvalue weighted by Crippen LogP contribution is -2.35. The highest BCUT2D eigenvalue weighted by atomic mass is 79.9. The van der Waals surface area contributed by atoms with E-state index in [9.17, 15) is 4.79 Å². The van der Waals surface area contributed by atoms with Gasteiger partial charge in [-0.25, -0.2) is 0 Å². The average Bonchev–Trinajstić information content (AvgIpc) is 2.38. The monoisotopic (exact) mass is 309 g/mol. The molecule has 0 aromatic heterocycles. The van der Waals surface area contributed by atoms with Gasteiger partial charge in [-0.1, -0.05) is 0 Å². The van der Waals surface area contributed by atoms with Crippen molar-refractivity contribution in [2.24, 2.45) is 0 Å². The zero-order valence-corrected chi connectivity index (χ0v) is 12.1. The van der Waals surface area contributed by atoms with Crippen molar-refractivity contribution >= 4 is 27.5 Å². The van der Waals surface area contributed by atoms with Crippen molar-refractivity contribution < 1.29 is 4.79 Å². The fraction of sp³-hybridized carbons (Fsp3) is 0.385. The van der Waals surface area contributed by atoms with Gasteiger partial charge in [-0.3, -0.25) is 4.79 Å². The van der Waals surface area contributed by atoms with Crippen LogP contribution in [0.3, 0.4) is 0 Å². The van der Waals surface area contributed by atoms with E-state index < -0.39 is 0 Å². The molecule has 0 radical (unpaired) electrons. The van der Waals surface area contributed by atoms with E-state index in [1.54, 1.807) is 23.1 Å². The molecule has 1 amide bonds. The average molecular weight is 310 g/mol. The van der Waals surface area contributed by atoms with Crippen LogP contribution < -0.4 is 5.32 Å². The van der Waals surface area contributed by atoms with Crippen LogP contribution in [0, 0.1) is 11.3 Å². The second-order valence-corrected chi connectivity index (χ2v) is 4.58. The molecule has 1 aromatic carbocycles. The van der Waals surface area contributed by atoms with Gasteiger partial charge in [-0.05, 0) is 48.0 Å². The Morgan fingerprint density at radius 1 is 1.44 bits per heavy atom. The molecule has 0 saturated carbocycles. The van der Waals surface area contributed by atoms with E-state index in [1.165, 1.54) is 0 Å². The maximum absolute atomic E-state index is 11.8. The molecular formula is C13H16BrN3O. The molecule has 1 aromatic rings. The molecule has 5 heteroatoms. The normalized spacial score (nSPS) is 9.67. The number of anilines is 1. The van der Waals surface area contributed by atoms with Gasteiger partial charge >= 0.3 is 0 Å². The molecule has 1 N–H and O–H groups in total. The van der Waals surface area contributed by atoms with Crippen molar-refractivity contribution in [2.45, 2.75) is 13.8 Å². The van der Waals surface area contributed by atoms with Crippen LogP contribution >= 0.6 is 15.9 Å². The van der Waals surface area contributed by atoms with Crippen molar-refractivity contribution in [1.82, 2.24) is 4.90 Å². The Bertz CT molecular complexity index is 464. The quantitative estimate of drug-likeness (QED) is 0.909. The summed E-state index contributed by atoms with van der Waals surface area (Å²) in [6, 6.07) is 7.38. The number of halogens is 1. The first-order valence-corrected chi connectivity index (χ1v) is 6.63. The predicted molar refractivity (Wildman–Crippen MR) is 75.3 cm³/mol. The SMILES string of the molecule is CCN(CC)C(=O)CNc1ccc(C#N)c(Br)c1. The number of hydrogen-bond acceptors (Lipinski definition) is 3. The lowest BCUT2D eigenvalue weighted by molar-refractivity contribution is -0.128. The first-order valence-electron chi connectivity index (χ1n) is 5.83. The Balaban J connectivity index is 2.62. The molecule has 0 unspecified atom stereocenters. The molecule has 0 spiro atoms. The van der Waals surface area contributed by atoms with Gasteiger partial charge < -0.3 is 10.2 Å². The maximum Gasteiger partial charge on any atom is 0.241 e. The molecule has 0 fully saturated rings. The summed E-state index contributed by atoms with van der Waals surface area (Å²) in [4.78, 5) is 13.6. The summed E-state index contributed by atoms with van der Waals surface area (Å²) in [5.41, 5.74) is 1.40. The van der Waals surface area contributed by atoms with Gasteiger partial charge in [0.15, 0.2) is 0 Å². The topological polar surface area (TPSA) is 56.1 Å². The van der Waals surface area contributed by atoms with Crippen LogP contribution in [-0.4, -0.2) is 30.4 Å². The molecule has 0 aliphatic heterocycles. The summed E-state index contributed by atoms with van der Waals surface area (Å²) in [7, 11) is 0. The molecule has 0 heterocycles. The van der Waals surface area contributed by atoms with Crippen LogP contribution in [0.2, 0.25) is 0 Å². The molecule has 0 aliphatic rings. The number of benzene rings is 1. The van der Waals surface area contributed by atoms with Gasteiger partial charge in [-0.15, -0.1) is 0 Å². The Hall–Kier alpha value is -1.54. The summed E-state index contributed by atoms with van der Waals surface area (Å²) >= 11 is 3.31. The van der Waals surface area contributed by atoms with Gasteiger partial charge in [-0.2, -0.15) is 5.26 Å². The van der Waals surface area contributed by atoms with Crippen LogP contribution in [0.4, 0.5) is 5.69 Å². The van der Waals surface area contributed by atoms with Crippen LogP contribution in [0.1, 0.15) is 19.4 Å². The second kappa shape index (κ2) is 7.02. The smallest absolute Gasteiger partial charge is 0.241 e. The summed E-state index contributed by atoms with van der Waals surface area (Å²) in [5, 5.41) is 11.9. The third-order valence-corrected chi connectivity index (χ3v) is 3.31. The minimum absolute atomic E-state index is 0.0699. The van der Waals surface area contributed by atoms with E-state index in [4.69, 9.17) is 5.26 Å². The predicted octanol–water partition coefficient (Wildman–Crippen LogP) is 2.60. The molecule has 4 nitrogen and oxygen atoms in total. The van der Waals surface area contributed by atoms with E-state index in [2.05, 4.69) is 27.3 Å². The van der Waals surface area contributed by atoms with Gasteiger partial charge in [0.1, 0.15) is 6.07 Å². The van der Waals surface area contributed by atoms with Crippen molar-refractivity contribution in [1.29, 1.82) is 5.26 Å². The number of hydrogen-bond donors (Lipinski definition) is 1. The lowest BCUT2D eigenvalue weighted by Gasteiger charge is -2.19. The first-order chi connectivity index (χ1) is 8.62. The van der Waals surface area contributed by atoms with Gasteiger partial charge in [0.25, 0.3) is 0 Å². The maximum atomic E-state index is 11.8. The summed E-state index contributed by atoms with van der Waals surface area (Å²) in [6.45, 7) is 5.61. The molecule has 18 heavy (non-hydrogen) atoms. The van der Waals surface area contributed by atoms with Crippen LogP contribution in [-0.2, 0) is 4.79 Å². The summed E-state index contributed by atoms with van der Waals surface area (Å²) in [5.74, 6) is 0.0699. The van der Waals surface area contributed by atoms with E-state index in [-0.39, 0.29) is 12.5 Å². The Labute approximate surface area is 116 Å². The molecule has 0 atom stereocenters. The van der Waals surface area contributed by atoms with E-state index >= 15 is 0 Å². The zero-order chi connectivity index (χ0) is 13.5. The lowest BCUT2D eigenvalue weighted by atomic mass is 10.2. The highest BCUT2D eigenvalue weighted by Crippen LogP contribution is 2.20. The standard InChI is InChI=1S/C13H16BrN3O/c1-3-17(4-2)13(18)9-16-11-6-5-10(8-15)12(14)7-11/h5-7,16H,3-4,9H2,1-2H3. The van der Waals surface area contributed by atoms with E-state index in [0.717, 1.165) is 10.2 Å². The zero-order valence-electron chi connectivity index (χ0n) is 10.5. The summed E-state index contributed by atoms with van der Waals surface area (Å²) < 4.78 is 0.727. The Morgan fingerprint density at radius 2 is 2.11 bits per heavy atom. The summed E-state index contributed by atoms with van der Waals surface area (Å²) in [6.07, 6.45) is 0. The van der Waals surface area contributed by atoms with Gasteiger partial charge in [0.2, 0.25) is 5.91 Å². The fourth-order valence-corrected chi connectivity index (χ4v) is 2.05. The third kappa shape index (κ3) is 3.74. The Morgan fingerprint density at radius 3 is 2.61 bits per heavy atom. The van der Waals surface area contributed by atoms with Crippen molar-refractivity contribution in [2.75, 3.05) is 25.0 Å². The number of rotatable bonds is 5. The van der Waals surface area contributed by atoms with Crippen LogP contribution in [0.5, 0.6) is 0 Å². The van der Waals surface area contributed by atoms with Crippen molar-refractivity contribution in [3.63, 3.8) is 0 Å². The van der Waals surface area contributed by atoms with E-state index in [1.807, 2.05) is 13.8 Å². The first kappa shape index (κ1) is 14.5. The number of likely N-dealkylation sites (N-methyl/N-ethyl adjacent to an activating group) is 1. The van der Waals surface area contributed by atoms with Crippen LogP contribution in [0.25, 0.3) is 0 Å². The number of nitrogens with zero attached hydrogens (tertiary/aromatic N) is 2. The minimum atomic E-state index is 0.0699. The minimum Gasteiger partial charge on any atom is -0.376 e. The molecule has 1 rings (SSSR count). The van der Waals surface area contributed by atoms with Crippen molar-refractivity contribution in [3.8, 4) is 6.07 Å². The van der Waals surface area contributed by atoms with Crippen LogP contribution in [0.15, 0.2) is 22.7 Å². The van der Waals surface area contributed by atoms with E-state index in [0.29, 0.717) is 18.7 Å². The fourth-order valence-electron chi connectivity index (χ4n) is 1.58. The largest absolute Gasteiger partial charge is 0.376 e. The highest BCUT2D eigenvalue weighted by molar-refractivity contribution is 9.10. The molecule has 96 valence electrons. The number of carbonyl (C=O) groups is 1. The molecule has 0 bridgehead atoms. The molecule has 0 saturated heterocycles. The number of amides is 1. The second-order valence-electron chi connectivity index (χ2n) is 3.73. The number of nitriles is 1.